The van der Waals surface area contributed by atoms with Gasteiger partial charge in [-0.3, -0.25) is 0 Å². The van der Waals surface area contributed by atoms with Gasteiger partial charge in [-0.15, -0.1) is 0 Å². The second-order valence-corrected chi connectivity index (χ2v) is 5.09. The Hall–Kier alpha value is -2.62. The third-order valence-electron chi connectivity index (χ3n) is 3.58. The molecule has 0 radical (unpaired) electrons. The maximum atomic E-state index is 13.8. The molecule has 0 aliphatic heterocycles. The summed E-state index contributed by atoms with van der Waals surface area (Å²) in [6, 6.07) is 12.1. The molecule has 2 aromatic carbocycles. The van der Waals surface area contributed by atoms with E-state index in [2.05, 4.69) is 0 Å². The van der Waals surface area contributed by atoms with Crippen LogP contribution in [0.15, 0.2) is 48.7 Å². The Morgan fingerprint density at radius 2 is 1.74 bits per heavy atom. The van der Waals surface area contributed by atoms with Crippen LogP contribution in [0.25, 0.3) is 10.9 Å². The van der Waals surface area contributed by atoms with E-state index in [0.29, 0.717) is 17.4 Å². The van der Waals surface area contributed by atoms with Crippen molar-refractivity contribution in [2.45, 2.75) is 27.3 Å². The highest BCUT2D eigenvalue weighted by Gasteiger charge is 2.15. The highest BCUT2D eigenvalue weighted by Crippen LogP contribution is 2.24. The van der Waals surface area contributed by atoms with Crippen molar-refractivity contribution >= 4 is 16.9 Å². The van der Waals surface area contributed by atoms with Gasteiger partial charge in [0.05, 0.1) is 11.1 Å². The molecule has 0 unspecified atom stereocenters. The van der Waals surface area contributed by atoms with E-state index in [1.807, 2.05) is 45.0 Å². The maximum Gasteiger partial charge on any atom is 0.337 e. The molecule has 0 bridgehead atoms. The lowest BCUT2D eigenvalue weighted by Gasteiger charge is -2.08. The number of aromatic carboxylic acids is 1. The summed E-state index contributed by atoms with van der Waals surface area (Å²) in [6.45, 7) is 6.51. The molecule has 3 aromatic rings. The number of carboxylic acid groups (broad SMARTS) is 1. The molecule has 1 N–H and O–H groups in total. The summed E-state index contributed by atoms with van der Waals surface area (Å²) in [7, 11) is 0. The summed E-state index contributed by atoms with van der Waals surface area (Å²) < 4.78 is 15.6. The zero-order chi connectivity index (χ0) is 17.0. The van der Waals surface area contributed by atoms with Gasteiger partial charge >= 0.3 is 5.97 Å². The van der Waals surface area contributed by atoms with Crippen molar-refractivity contribution in [1.82, 2.24) is 4.57 Å². The monoisotopic (exact) mass is 313 g/mol. The lowest BCUT2D eigenvalue weighted by Crippen LogP contribution is -2.04. The quantitative estimate of drug-likeness (QED) is 0.750. The van der Waals surface area contributed by atoms with Gasteiger partial charge in [-0.25, -0.2) is 9.18 Å². The van der Waals surface area contributed by atoms with E-state index in [-0.39, 0.29) is 5.56 Å². The van der Waals surface area contributed by atoms with Crippen molar-refractivity contribution in [2.24, 2.45) is 0 Å². The van der Waals surface area contributed by atoms with Gasteiger partial charge in [-0.2, -0.15) is 0 Å². The first kappa shape index (κ1) is 16.7. The van der Waals surface area contributed by atoms with Crippen LogP contribution in [0.2, 0.25) is 0 Å². The molecule has 0 aliphatic carbocycles. The SMILES string of the molecule is CC.Cc1ccc(Cn2ccc3c(F)ccc(C(=O)O)c32)cc1. The Labute approximate surface area is 135 Å². The summed E-state index contributed by atoms with van der Waals surface area (Å²) in [5.41, 5.74) is 2.73. The Balaban J connectivity index is 0.000000924. The van der Waals surface area contributed by atoms with Crippen molar-refractivity contribution in [3.8, 4) is 0 Å². The smallest absolute Gasteiger partial charge is 0.337 e. The van der Waals surface area contributed by atoms with Crippen LogP contribution in [0.3, 0.4) is 0 Å². The largest absolute Gasteiger partial charge is 0.478 e. The van der Waals surface area contributed by atoms with Gasteiger partial charge in [0.2, 0.25) is 0 Å². The van der Waals surface area contributed by atoms with Gasteiger partial charge in [0.25, 0.3) is 0 Å². The van der Waals surface area contributed by atoms with E-state index in [1.54, 1.807) is 16.8 Å². The molecule has 0 aliphatic rings. The number of hydrogen-bond donors (Lipinski definition) is 1. The van der Waals surface area contributed by atoms with Crippen molar-refractivity contribution < 1.29 is 14.3 Å². The Morgan fingerprint density at radius 1 is 1.09 bits per heavy atom. The van der Waals surface area contributed by atoms with E-state index >= 15 is 0 Å². The molecule has 0 atom stereocenters. The standard InChI is InChI=1S/C17H14FNO2.C2H6/c1-11-2-4-12(5-3-11)10-19-9-8-13-15(18)7-6-14(16(13)19)17(20)21;1-2/h2-9H,10H2,1H3,(H,20,21);1-2H3. The molecule has 0 fully saturated rings. The van der Waals surface area contributed by atoms with Crippen molar-refractivity contribution in [1.29, 1.82) is 0 Å². The summed E-state index contributed by atoms with van der Waals surface area (Å²) in [5.74, 6) is -1.46. The van der Waals surface area contributed by atoms with Crippen LogP contribution in [-0.4, -0.2) is 15.6 Å². The number of carbonyl (C=O) groups is 1. The van der Waals surface area contributed by atoms with Gasteiger partial charge < -0.3 is 9.67 Å². The summed E-state index contributed by atoms with van der Waals surface area (Å²) in [4.78, 5) is 11.3. The molecule has 23 heavy (non-hydrogen) atoms. The zero-order valence-corrected chi connectivity index (χ0v) is 13.5. The van der Waals surface area contributed by atoms with E-state index in [4.69, 9.17) is 0 Å². The second kappa shape index (κ2) is 7.09. The van der Waals surface area contributed by atoms with Gasteiger partial charge in [-0.05, 0) is 30.7 Å². The van der Waals surface area contributed by atoms with Crippen LogP contribution in [0.4, 0.5) is 4.39 Å². The van der Waals surface area contributed by atoms with E-state index in [0.717, 1.165) is 11.1 Å². The highest BCUT2D eigenvalue weighted by atomic mass is 19.1. The fourth-order valence-electron chi connectivity index (χ4n) is 2.48. The van der Waals surface area contributed by atoms with Gasteiger partial charge in [0, 0.05) is 18.1 Å². The Kier molecular flexibility index (Phi) is 5.16. The fraction of sp³-hybridized carbons (Fsp3) is 0.211. The predicted octanol–water partition coefficient (Wildman–Crippen LogP) is 4.86. The first-order valence-corrected chi connectivity index (χ1v) is 7.62. The van der Waals surface area contributed by atoms with Crippen LogP contribution in [0.5, 0.6) is 0 Å². The summed E-state index contributed by atoms with van der Waals surface area (Å²) in [5, 5.41) is 9.62. The Bertz CT molecular complexity index is 819. The first-order valence-electron chi connectivity index (χ1n) is 7.62. The molecule has 0 saturated carbocycles. The minimum Gasteiger partial charge on any atom is -0.478 e. The minimum absolute atomic E-state index is 0.114. The molecular formula is C19H20FNO2. The van der Waals surface area contributed by atoms with E-state index in [9.17, 15) is 14.3 Å². The number of hydrogen-bond acceptors (Lipinski definition) is 1. The number of benzene rings is 2. The van der Waals surface area contributed by atoms with Gasteiger partial charge in [0.15, 0.2) is 0 Å². The second-order valence-electron chi connectivity index (χ2n) is 5.09. The van der Waals surface area contributed by atoms with E-state index < -0.39 is 11.8 Å². The minimum atomic E-state index is -1.05. The predicted molar refractivity (Wildman–Crippen MR) is 90.5 cm³/mol. The molecule has 0 spiro atoms. The molecular weight excluding hydrogens is 293 g/mol. The fourth-order valence-corrected chi connectivity index (χ4v) is 2.48. The Morgan fingerprint density at radius 3 is 2.35 bits per heavy atom. The van der Waals surface area contributed by atoms with Crippen molar-refractivity contribution in [3.05, 3.63) is 71.2 Å². The summed E-state index contributed by atoms with van der Waals surface area (Å²) in [6.07, 6.45) is 1.72. The number of rotatable bonds is 3. The summed E-state index contributed by atoms with van der Waals surface area (Å²) >= 11 is 0. The first-order chi connectivity index (χ1) is 11.1. The normalized spacial score (nSPS) is 10.3. The molecule has 0 saturated heterocycles. The lowest BCUT2D eigenvalue weighted by molar-refractivity contribution is 0.0698. The molecule has 120 valence electrons. The van der Waals surface area contributed by atoms with Gasteiger partial charge in [-0.1, -0.05) is 43.7 Å². The number of aromatic nitrogens is 1. The highest BCUT2D eigenvalue weighted by molar-refractivity contribution is 6.02. The topological polar surface area (TPSA) is 42.2 Å². The van der Waals surface area contributed by atoms with Gasteiger partial charge in [0.1, 0.15) is 5.82 Å². The third-order valence-corrected chi connectivity index (χ3v) is 3.58. The number of aryl methyl sites for hydroxylation is 1. The van der Waals surface area contributed by atoms with Crippen LogP contribution >= 0.6 is 0 Å². The van der Waals surface area contributed by atoms with Crippen molar-refractivity contribution in [2.75, 3.05) is 0 Å². The molecule has 3 rings (SSSR count). The molecule has 1 aromatic heterocycles. The maximum absolute atomic E-state index is 13.8. The molecule has 1 heterocycles. The number of carboxylic acids is 1. The van der Waals surface area contributed by atoms with Crippen LogP contribution in [0.1, 0.15) is 35.3 Å². The van der Waals surface area contributed by atoms with Crippen molar-refractivity contribution in [3.63, 3.8) is 0 Å². The lowest BCUT2D eigenvalue weighted by atomic mass is 10.1. The zero-order valence-electron chi connectivity index (χ0n) is 13.5. The molecule has 3 nitrogen and oxygen atoms in total. The number of fused-ring (bicyclic) bond motifs is 1. The molecule has 4 heteroatoms. The van der Waals surface area contributed by atoms with E-state index in [1.165, 1.54) is 12.1 Å². The molecule has 0 amide bonds. The number of halogens is 1. The third kappa shape index (κ3) is 3.42. The average Bonchev–Trinajstić information content (AvgIpc) is 2.96. The van der Waals surface area contributed by atoms with Crippen LogP contribution < -0.4 is 0 Å². The van der Waals surface area contributed by atoms with Crippen LogP contribution in [0, 0.1) is 12.7 Å². The average molecular weight is 313 g/mol. The number of nitrogens with zero attached hydrogens (tertiary/aromatic N) is 1. The van der Waals surface area contributed by atoms with Crippen LogP contribution in [-0.2, 0) is 6.54 Å².